The van der Waals surface area contributed by atoms with Crippen molar-refractivity contribution < 1.29 is 14.3 Å². The average molecular weight is 308 g/mol. The maximum absolute atomic E-state index is 11.9. The number of nitrogens with zero attached hydrogens (tertiary/aromatic N) is 1. The number of anilines is 2. The van der Waals surface area contributed by atoms with Crippen LogP contribution >= 0.6 is 0 Å². The molecule has 0 bridgehead atoms. The van der Waals surface area contributed by atoms with Gasteiger partial charge >= 0.3 is 0 Å². The number of carbonyl (C=O) groups is 2. The number of carbonyl (C=O) groups excluding carboxylic acids is 2. The Morgan fingerprint density at radius 1 is 0.957 bits per heavy atom. The summed E-state index contributed by atoms with van der Waals surface area (Å²) >= 11 is 0. The zero-order valence-corrected chi connectivity index (χ0v) is 12.4. The molecule has 2 rings (SSSR count). The summed E-state index contributed by atoms with van der Waals surface area (Å²) in [6.45, 7) is 6.77. The van der Waals surface area contributed by atoms with E-state index in [9.17, 15) is 9.59 Å². The van der Waals surface area contributed by atoms with Gasteiger partial charge in [-0.1, -0.05) is 31.4 Å². The minimum Gasteiger partial charge on any atom is -0.457 e. The SMILES string of the molecule is C=CC(=O)N(C(=O)C=C)c1ccc(Oc2ccccc2)cc1N. The van der Waals surface area contributed by atoms with Crippen molar-refractivity contribution in [3.8, 4) is 11.5 Å². The third-order valence-electron chi connectivity index (χ3n) is 3.01. The molecule has 2 N–H and O–H groups in total. The summed E-state index contributed by atoms with van der Waals surface area (Å²) in [6, 6.07) is 13.9. The highest BCUT2D eigenvalue weighted by Gasteiger charge is 2.21. The molecule has 116 valence electrons. The number of rotatable bonds is 5. The van der Waals surface area contributed by atoms with Crippen LogP contribution in [-0.4, -0.2) is 11.8 Å². The molecule has 0 aliphatic rings. The van der Waals surface area contributed by atoms with Gasteiger partial charge in [-0.25, -0.2) is 4.90 Å². The first-order valence-corrected chi connectivity index (χ1v) is 6.82. The third kappa shape index (κ3) is 3.65. The Kier molecular flexibility index (Phi) is 4.94. The lowest BCUT2D eigenvalue weighted by Gasteiger charge is -2.20. The zero-order chi connectivity index (χ0) is 16.8. The number of para-hydroxylation sites is 1. The Morgan fingerprint density at radius 3 is 2.09 bits per heavy atom. The number of hydrogen-bond donors (Lipinski definition) is 1. The molecular weight excluding hydrogens is 292 g/mol. The number of imide groups is 1. The molecule has 0 radical (unpaired) electrons. The summed E-state index contributed by atoms with van der Waals surface area (Å²) in [5, 5.41) is 0. The Bertz CT molecular complexity index is 734. The molecule has 2 aromatic carbocycles. The van der Waals surface area contributed by atoms with E-state index < -0.39 is 11.8 Å². The quantitative estimate of drug-likeness (QED) is 0.679. The molecule has 0 aliphatic heterocycles. The molecule has 23 heavy (non-hydrogen) atoms. The molecule has 0 fully saturated rings. The van der Waals surface area contributed by atoms with Crippen LogP contribution in [0, 0.1) is 0 Å². The fraction of sp³-hybridized carbons (Fsp3) is 0. The highest BCUT2D eigenvalue weighted by atomic mass is 16.5. The Labute approximate surface area is 134 Å². The number of nitrogens with two attached hydrogens (primary N) is 1. The first-order valence-electron chi connectivity index (χ1n) is 6.82. The van der Waals surface area contributed by atoms with Gasteiger partial charge in [-0.15, -0.1) is 0 Å². The summed E-state index contributed by atoms with van der Waals surface area (Å²) in [5.74, 6) is -0.0213. The van der Waals surface area contributed by atoms with Crippen LogP contribution in [0.3, 0.4) is 0 Å². The van der Waals surface area contributed by atoms with E-state index in [2.05, 4.69) is 13.2 Å². The first kappa shape index (κ1) is 16.0. The van der Waals surface area contributed by atoms with E-state index in [4.69, 9.17) is 10.5 Å². The van der Waals surface area contributed by atoms with Gasteiger partial charge < -0.3 is 10.5 Å². The van der Waals surface area contributed by atoms with Crippen molar-refractivity contribution in [3.05, 3.63) is 73.8 Å². The standard InChI is InChI=1S/C18H16N2O3/c1-3-17(21)20(18(22)4-2)16-11-10-14(12-15(16)19)23-13-8-6-5-7-9-13/h3-12H,1-2,19H2. The third-order valence-corrected chi connectivity index (χ3v) is 3.01. The fourth-order valence-corrected chi connectivity index (χ4v) is 1.95. The normalized spacial score (nSPS) is 9.74. The lowest BCUT2D eigenvalue weighted by Crippen LogP contribution is -2.34. The molecule has 2 aromatic rings. The molecule has 0 spiro atoms. The molecule has 0 saturated heterocycles. The molecule has 2 amide bonds. The zero-order valence-electron chi connectivity index (χ0n) is 12.4. The van der Waals surface area contributed by atoms with Crippen LogP contribution in [-0.2, 0) is 9.59 Å². The maximum atomic E-state index is 11.9. The Balaban J connectivity index is 2.34. The van der Waals surface area contributed by atoms with Gasteiger partial charge in [0.05, 0.1) is 11.4 Å². The summed E-state index contributed by atoms with van der Waals surface area (Å²) in [6.07, 6.45) is 2.07. The largest absolute Gasteiger partial charge is 0.457 e. The van der Waals surface area contributed by atoms with Crippen molar-refractivity contribution in [3.63, 3.8) is 0 Å². The maximum Gasteiger partial charge on any atom is 0.257 e. The predicted octanol–water partition coefficient (Wildman–Crippen LogP) is 3.29. The van der Waals surface area contributed by atoms with Crippen molar-refractivity contribution in [2.45, 2.75) is 0 Å². The second-order valence-electron chi connectivity index (χ2n) is 4.56. The number of hydrogen-bond acceptors (Lipinski definition) is 4. The summed E-state index contributed by atoms with van der Waals surface area (Å²) in [7, 11) is 0. The van der Waals surface area contributed by atoms with Gasteiger partial charge in [0.1, 0.15) is 11.5 Å². The monoisotopic (exact) mass is 308 g/mol. The van der Waals surface area contributed by atoms with Gasteiger partial charge in [0.25, 0.3) is 11.8 Å². The molecule has 5 heteroatoms. The smallest absolute Gasteiger partial charge is 0.257 e. The molecular formula is C18H16N2O3. The Hall–Kier alpha value is -3.34. The highest BCUT2D eigenvalue weighted by molar-refractivity contribution is 6.22. The van der Waals surface area contributed by atoms with E-state index in [-0.39, 0.29) is 11.4 Å². The highest BCUT2D eigenvalue weighted by Crippen LogP contribution is 2.30. The number of nitrogen functional groups attached to an aromatic ring is 1. The second kappa shape index (κ2) is 7.09. The van der Waals surface area contributed by atoms with E-state index in [0.29, 0.717) is 11.5 Å². The van der Waals surface area contributed by atoms with Crippen molar-refractivity contribution in [1.29, 1.82) is 0 Å². The van der Waals surface area contributed by atoms with Gasteiger partial charge in [-0.3, -0.25) is 9.59 Å². The summed E-state index contributed by atoms with van der Waals surface area (Å²) in [4.78, 5) is 24.7. The van der Waals surface area contributed by atoms with Crippen molar-refractivity contribution in [1.82, 2.24) is 0 Å². The predicted molar refractivity (Wildman–Crippen MR) is 90.3 cm³/mol. The van der Waals surface area contributed by atoms with Crippen LogP contribution in [0.2, 0.25) is 0 Å². The van der Waals surface area contributed by atoms with Crippen molar-refractivity contribution in [2.75, 3.05) is 10.6 Å². The van der Waals surface area contributed by atoms with Gasteiger partial charge in [0.2, 0.25) is 0 Å². The van der Waals surface area contributed by atoms with E-state index >= 15 is 0 Å². The molecule has 0 heterocycles. The van der Waals surface area contributed by atoms with E-state index in [1.54, 1.807) is 24.3 Å². The van der Waals surface area contributed by atoms with Gasteiger partial charge in [0.15, 0.2) is 0 Å². The van der Waals surface area contributed by atoms with Crippen LogP contribution in [0.25, 0.3) is 0 Å². The van der Waals surface area contributed by atoms with Gasteiger partial charge in [0, 0.05) is 6.07 Å². The molecule has 0 saturated carbocycles. The Morgan fingerprint density at radius 2 is 1.57 bits per heavy atom. The number of benzene rings is 2. The lowest BCUT2D eigenvalue weighted by atomic mass is 10.2. The van der Waals surface area contributed by atoms with Crippen molar-refractivity contribution in [2.24, 2.45) is 0 Å². The number of ether oxygens (including phenoxy) is 1. The van der Waals surface area contributed by atoms with Crippen LogP contribution in [0.15, 0.2) is 73.8 Å². The van der Waals surface area contributed by atoms with Crippen molar-refractivity contribution >= 4 is 23.2 Å². The van der Waals surface area contributed by atoms with Crippen LogP contribution in [0.5, 0.6) is 11.5 Å². The molecule has 0 unspecified atom stereocenters. The van der Waals surface area contributed by atoms with Crippen LogP contribution in [0.1, 0.15) is 0 Å². The average Bonchev–Trinajstić information content (AvgIpc) is 2.57. The molecule has 5 nitrogen and oxygen atoms in total. The molecule has 0 aromatic heterocycles. The van der Waals surface area contributed by atoms with Crippen LogP contribution < -0.4 is 15.4 Å². The number of amides is 2. The topological polar surface area (TPSA) is 72.6 Å². The van der Waals surface area contributed by atoms with Gasteiger partial charge in [-0.05, 0) is 36.4 Å². The minimum atomic E-state index is -0.585. The lowest BCUT2D eigenvalue weighted by molar-refractivity contribution is -0.121. The summed E-state index contributed by atoms with van der Waals surface area (Å²) in [5.41, 5.74) is 6.44. The van der Waals surface area contributed by atoms with E-state index in [1.807, 2.05) is 18.2 Å². The summed E-state index contributed by atoms with van der Waals surface area (Å²) < 4.78 is 5.66. The molecule has 0 atom stereocenters. The molecule has 0 aliphatic carbocycles. The first-order chi connectivity index (χ1) is 11.1. The van der Waals surface area contributed by atoms with E-state index in [1.165, 1.54) is 6.07 Å². The van der Waals surface area contributed by atoms with E-state index in [0.717, 1.165) is 17.1 Å². The van der Waals surface area contributed by atoms with Crippen LogP contribution in [0.4, 0.5) is 11.4 Å². The minimum absolute atomic E-state index is 0.226. The van der Waals surface area contributed by atoms with Gasteiger partial charge in [-0.2, -0.15) is 0 Å². The second-order valence-corrected chi connectivity index (χ2v) is 4.56. The fourth-order valence-electron chi connectivity index (χ4n) is 1.95.